The molecule has 0 fully saturated rings. The van der Waals surface area contributed by atoms with E-state index in [9.17, 15) is 0 Å². The van der Waals surface area contributed by atoms with Crippen LogP contribution >= 0.6 is 12.4 Å². The lowest BCUT2D eigenvalue weighted by atomic mass is 10.2. The summed E-state index contributed by atoms with van der Waals surface area (Å²) in [6, 6.07) is 4.99. The molecule has 0 aliphatic heterocycles. The quantitative estimate of drug-likeness (QED) is 0.447. The van der Waals surface area contributed by atoms with Gasteiger partial charge in [0.2, 0.25) is 0 Å². The molecule has 0 saturated heterocycles. The SMILES string of the molecule is Cc1cc(N)ccc1O.Cl. The number of phenolic OH excluding ortho intramolecular Hbond substituents is 1. The number of nitrogens with two attached hydrogens (primary N) is 1. The van der Waals surface area contributed by atoms with Crippen LogP contribution in [0.2, 0.25) is 0 Å². The molecule has 1 aromatic rings. The lowest BCUT2D eigenvalue weighted by Gasteiger charge is -1.97. The number of aromatic hydroxyl groups is 1. The van der Waals surface area contributed by atoms with Gasteiger partial charge in [-0.05, 0) is 30.7 Å². The smallest absolute Gasteiger partial charge is 0.118 e. The second-order valence-corrected chi connectivity index (χ2v) is 2.05. The Hall–Kier alpha value is -0.890. The van der Waals surface area contributed by atoms with Crippen LogP contribution in [0.15, 0.2) is 18.2 Å². The van der Waals surface area contributed by atoms with Crippen LogP contribution in [-0.4, -0.2) is 5.11 Å². The first-order valence-electron chi connectivity index (χ1n) is 2.75. The number of anilines is 1. The lowest BCUT2D eigenvalue weighted by molar-refractivity contribution is 0.471. The predicted molar refractivity (Wildman–Crippen MR) is 44.5 cm³/mol. The average Bonchev–Trinajstić information content (AvgIpc) is 1.80. The van der Waals surface area contributed by atoms with Crippen molar-refractivity contribution in [2.75, 3.05) is 5.73 Å². The standard InChI is InChI=1S/C7H9NO.ClH/c1-5-4-6(8)2-3-7(5)9;/h2-4,9H,8H2,1H3;1H. The van der Waals surface area contributed by atoms with Crippen LogP contribution in [0.1, 0.15) is 5.56 Å². The molecule has 0 bridgehead atoms. The van der Waals surface area contributed by atoms with E-state index in [2.05, 4.69) is 0 Å². The van der Waals surface area contributed by atoms with Crippen LogP contribution in [0.3, 0.4) is 0 Å². The molecule has 0 saturated carbocycles. The molecule has 3 heteroatoms. The molecule has 1 aromatic carbocycles. The summed E-state index contributed by atoms with van der Waals surface area (Å²) in [6.45, 7) is 1.81. The fourth-order valence-corrected chi connectivity index (χ4v) is 0.679. The van der Waals surface area contributed by atoms with Gasteiger partial charge in [-0.25, -0.2) is 0 Å². The van der Waals surface area contributed by atoms with E-state index in [0.717, 1.165) is 5.56 Å². The second kappa shape index (κ2) is 3.32. The molecule has 0 unspecified atom stereocenters. The zero-order chi connectivity index (χ0) is 6.85. The fourth-order valence-electron chi connectivity index (χ4n) is 0.679. The van der Waals surface area contributed by atoms with Crippen molar-refractivity contribution in [3.05, 3.63) is 23.8 Å². The number of halogens is 1. The second-order valence-electron chi connectivity index (χ2n) is 2.05. The Labute approximate surface area is 66.1 Å². The summed E-state index contributed by atoms with van der Waals surface area (Å²) >= 11 is 0. The third kappa shape index (κ3) is 1.81. The Bertz CT molecular complexity index is 225. The number of hydrogen-bond acceptors (Lipinski definition) is 2. The van der Waals surface area contributed by atoms with Crippen molar-refractivity contribution in [3.63, 3.8) is 0 Å². The predicted octanol–water partition coefficient (Wildman–Crippen LogP) is 1.70. The zero-order valence-corrected chi connectivity index (χ0v) is 6.48. The van der Waals surface area contributed by atoms with E-state index in [-0.39, 0.29) is 12.4 Å². The van der Waals surface area contributed by atoms with E-state index < -0.39 is 0 Å². The van der Waals surface area contributed by atoms with Crippen LogP contribution in [0.5, 0.6) is 5.75 Å². The van der Waals surface area contributed by atoms with Crippen molar-refractivity contribution >= 4 is 18.1 Å². The van der Waals surface area contributed by atoms with Crippen LogP contribution in [0, 0.1) is 6.92 Å². The number of phenols is 1. The van der Waals surface area contributed by atoms with Gasteiger partial charge in [0.1, 0.15) is 5.75 Å². The third-order valence-corrected chi connectivity index (χ3v) is 1.22. The van der Waals surface area contributed by atoms with Gasteiger partial charge >= 0.3 is 0 Å². The molecule has 1 rings (SSSR count). The van der Waals surface area contributed by atoms with Crippen molar-refractivity contribution < 1.29 is 5.11 Å². The molecule has 10 heavy (non-hydrogen) atoms. The summed E-state index contributed by atoms with van der Waals surface area (Å²) in [7, 11) is 0. The van der Waals surface area contributed by atoms with E-state index in [1.165, 1.54) is 0 Å². The highest BCUT2D eigenvalue weighted by Crippen LogP contribution is 2.17. The maximum absolute atomic E-state index is 8.99. The van der Waals surface area contributed by atoms with Crippen molar-refractivity contribution in [2.45, 2.75) is 6.92 Å². The van der Waals surface area contributed by atoms with Crippen LogP contribution in [0.4, 0.5) is 5.69 Å². The first kappa shape index (κ1) is 9.11. The molecule has 2 nitrogen and oxygen atoms in total. The number of rotatable bonds is 0. The lowest BCUT2D eigenvalue weighted by Crippen LogP contribution is -1.84. The highest BCUT2D eigenvalue weighted by Gasteiger charge is 1.92. The fraction of sp³-hybridized carbons (Fsp3) is 0.143. The number of aryl methyl sites for hydroxylation is 1. The normalized spacial score (nSPS) is 8.50. The molecule has 3 N–H and O–H groups in total. The topological polar surface area (TPSA) is 46.2 Å². The molecule has 0 atom stereocenters. The summed E-state index contributed by atoms with van der Waals surface area (Å²) in [5.74, 6) is 0.296. The van der Waals surface area contributed by atoms with Crippen LogP contribution in [0.25, 0.3) is 0 Å². The van der Waals surface area contributed by atoms with Gasteiger partial charge in [-0.3, -0.25) is 0 Å². The summed E-state index contributed by atoms with van der Waals surface area (Å²) in [6.07, 6.45) is 0. The van der Waals surface area contributed by atoms with E-state index in [1.807, 2.05) is 6.92 Å². The minimum Gasteiger partial charge on any atom is -0.508 e. The summed E-state index contributed by atoms with van der Waals surface area (Å²) in [4.78, 5) is 0. The Morgan fingerprint density at radius 1 is 1.40 bits per heavy atom. The highest BCUT2D eigenvalue weighted by molar-refractivity contribution is 5.85. The van der Waals surface area contributed by atoms with Gasteiger partial charge < -0.3 is 10.8 Å². The maximum atomic E-state index is 8.99. The molecule has 0 spiro atoms. The molecular weight excluding hydrogens is 150 g/mol. The molecule has 0 aliphatic carbocycles. The first-order valence-corrected chi connectivity index (χ1v) is 2.75. The van der Waals surface area contributed by atoms with Crippen molar-refractivity contribution in [3.8, 4) is 5.75 Å². The summed E-state index contributed by atoms with van der Waals surface area (Å²) < 4.78 is 0. The highest BCUT2D eigenvalue weighted by atomic mass is 35.5. The van der Waals surface area contributed by atoms with Crippen LogP contribution < -0.4 is 5.73 Å². The first-order chi connectivity index (χ1) is 4.20. The minimum atomic E-state index is 0. The summed E-state index contributed by atoms with van der Waals surface area (Å²) in [5, 5.41) is 8.99. The molecule has 0 amide bonds. The van der Waals surface area contributed by atoms with Gasteiger partial charge in [0.05, 0.1) is 0 Å². The Balaban J connectivity index is 0.000000810. The average molecular weight is 160 g/mol. The van der Waals surface area contributed by atoms with Gasteiger partial charge in [0.25, 0.3) is 0 Å². The molecule has 56 valence electrons. The van der Waals surface area contributed by atoms with E-state index >= 15 is 0 Å². The Morgan fingerprint density at radius 2 is 2.00 bits per heavy atom. The number of hydrogen-bond donors (Lipinski definition) is 2. The monoisotopic (exact) mass is 159 g/mol. The molecule has 0 aliphatic rings. The van der Waals surface area contributed by atoms with Crippen molar-refractivity contribution in [1.82, 2.24) is 0 Å². The van der Waals surface area contributed by atoms with E-state index in [1.54, 1.807) is 18.2 Å². The van der Waals surface area contributed by atoms with Gasteiger partial charge in [-0.2, -0.15) is 0 Å². The van der Waals surface area contributed by atoms with Gasteiger partial charge in [-0.1, -0.05) is 0 Å². The van der Waals surface area contributed by atoms with Crippen molar-refractivity contribution in [1.29, 1.82) is 0 Å². The molecular formula is C7H10ClNO. The molecule has 0 radical (unpaired) electrons. The van der Waals surface area contributed by atoms with Crippen molar-refractivity contribution in [2.24, 2.45) is 0 Å². The third-order valence-electron chi connectivity index (χ3n) is 1.22. The minimum absolute atomic E-state index is 0. The van der Waals surface area contributed by atoms with E-state index in [0.29, 0.717) is 11.4 Å². The molecule has 0 heterocycles. The summed E-state index contributed by atoms with van der Waals surface area (Å²) in [5.41, 5.74) is 6.92. The van der Waals surface area contributed by atoms with Gasteiger partial charge in [0, 0.05) is 5.69 Å². The molecule has 0 aromatic heterocycles. The number of benzene rings is 1. The largest absolute Gasteiger partial charge is 0.508 e. The zero-order valence-electron chi connectivity index (χ0n) is 5.66. The Kier molecular flexibility index (Phi) is 3.03. The maximum Gasteiger partial charge on any atom is 0.118 e. The van der Waals surface area contributed by atoms with Gasteiger partial charge in [-0.15, -0.1) is 12.4 Å². The Morgan fingerprint density at radius 3 is 2.40 bits per heavy atom. The van der Waals surface area contributed by atoms with E-state index in [4.69, 9.17) is 10.8 Å². The van der Waals surface area contributed by atoms with Crippen LogP contribution in [-0.2, 0) is 0 Å². The number of nitrogen functional groups attached to an aromatic ring is 1. The van der Waals surface area contributed by atoms with Gasteiger partial charge in [0.15, 0.2) is 0 Å².